The molecule has 4 nitrogen and oxygen atoms in total. The SMILES string of the molecule is Cc1cc(-c2ccc3c(c2)oc2ccc4ccccc4c23)cc(-c2[c-]c(-c3cc(-c4ccccc4)cc(-c4ccccc4O)n3)ccc2)n1.[Pt]. The number of aryl methyl sites for hydroxylation is 1. The average molecular weight is 825 g/mol. The van der Waals surface area contributed by atoms with Crippen LogP contribution < -0.4 is 0 Å². The molecule has 0 spiro atoms. The molecule has 0 aliphatic heterocycles. The van der Waals surface area contributed by atoms with E-state index in [4.69, 9.17) is 14.4 Å². The van der Waals surface area contributed by atoms with E-state index >= 15 is 0 Å². The zero-order chi connectivity index (χ0) is 32.9. The van der Waals surface area contributed by atoms with Crippen LogP contribution in [0.2, 0.25) is 0 Å². The number of hydrogen-bond donors (Lipinski definition) is 1. The number of fused-ring (bicyclic) bond motifs is 5. The second kappa shape index (κ2) is 12.9. The van der Waals surface area contributed by atoms with Crippen molar-refractivity contribution in [3.8, 4) is 61.8 Å². The number of rotatable bonds is 5. The van der Waals surface area contributed by atoms with Crippen LogP contribution in [0.1, 0.15) is 5.69 Å². The maximum atomic E-state index is 10.7. The molecule has 9 aromatic rings. The van der Waals surface area contributed by atoms with Crippen LogP contribution in [0.5, 0.6) is 5.75 Å². The molecule has 9 rings (SSSR count). The number of para-hydroxylation sites is 1. The van der Waals surface area contributed by atoms with Crippen LogP contribution in [0.3, 0.4) is 0 Å². The molecule has 0 unspecified atom stereocenters. The summed E-state index contributed by atoms with van der Waals surface area (Å²) in [6, 6.07) is 54.6. The number of furan rings is 1. The molecule has 0 aliphatic carbocycles. The summed E-state index contributed by atoms with van der Waals surface area (Å²) in [5.41, 5.74) is 11.5. The quantitative estimate of drug-likeness (QED) is 0.176. The Hall–Kier alpha value is -5.83. The van der Waals surface area contributed by atoms with Crippen LogP contribution in [0, 0.1) is 13.0 Å². The fraction of sp³-hybridized carbons (Fsp3) is 0.0222. The topological polar surface area (TPSA) is 59.2 Å². The Morgan fingerprint density at radius 1 is 0.520 bits per heavy atom. The van der Waals surface area contributed by atoms with Gasteiger partial charge in [-0.3, -0.25) is 9.97 Å². The Balaban J connectivity index is 0.00000361. The molecular formula is C45H29N2O2Pt-. The van der Waals surface area contributed by atoms with Gasteiger partial charge in [0.2, 0.25) is 0 Å². The van der Waals surface area contributed by atoms with Crippen LogP contribution in [-0.4, -0.2) is 15.1 Å². The van der Waals surface area contributed by atoms with Crippen molar-refractivity contribution in [3.63, 3.8) is 0 Å². The molecule has 242 valence electrons. The van der Waals surface area contributed by atoms with E-state index in [9.17, 15) is 5.11 Å². The summed E-state index contributed by atoms with van der Waals surface area (Å²) >= 11 is 0. The molecule has 0 fully saturated rings. The summed E-state index contributed by atoms with van der Waals surface area (Å²) in [5.74, 6) is 0.189. The van der Waals surface area contributed by atoms with Gasteiger partial charge < -0.3 is 9.52 Å². The van der Waals surface area contributed by atoms with Gasteiger partial charge in [0, 0.05) is 54.5 Å². The first-order valence-corrected chi connectivity index (χ1v) is 16.3. The minimum Gasteiger partial charge on any atom is -0.507 e. The van der Waals surface area contributed by atoms with Crippen LogP contribution in [0.15, 0.2) is 156 Å². The zero-order valence-electron chi connectivity index (χ0n) is 27.0. The molecule has 6 aromatic carbocycles. The number of benzene rings is 6. The van der Waals surface area contributed by atoms with Crippen LogP contribution in [0.25, 0.3) is 88.7 Å². The molecule has 5 heteroatoms. The summed E-state index contributed by atoms with van der Waals surface area (Å²) in [6.45, 7) is 2.02. The van der Waals surface area contributed by atoms with E-state index in [1.807, 2.05) is 67.6 Å². The zero-order valence-corrected chi connectivity index (χ0v) is 29.3. The molecular weight excluding hydrogens is 796 g/mol. The van der Waals surface area contributed by atoms with E-state index in [-0.39, 0.29) is 26.8 Å². The number of nitrogens with zero attached hydrogens (tertiary/aromatic N) is 2. The second-order valence-electron chi connectivity index (χ2n) is 12.3. The van der Waals surface area contributed by atoms with Crippen molar-refractivity contribution in [2.75, 3.05) is 0 Å². The molecule has 0 amide bonds. The smallest absolute Gasteiger partial charge is 0.136 e. The predicted octanol–water partition coefficient (Wildman–Crippen LogP) is 11.7. The maximum absolute atomic E-state index is 10.7. The number of hydrogen-bond acceptors (Lipinski definition) is 4. The monoisotopic (exact) mass is 824 g/mol. The summed E-state index contributed by atoms with van der Waals surface area (Å²) in [6.07, 6.45) is 0. The fourth-order valence-electron chi connectivity index (χ4n) is 6.76. The number of phenols is 1. The molecule has 1 N–H and O–H groups in total. The molecule has 0 aliphatic rings. The minimum atomic E-state index is 0. The van der Waals surface area contributed by atoms with E-state index in [2.05, 4.69) is 91.0 Å². The minimum absolute atomic E-state index is 0. The van der Waals surface area contributed by atoms with Crippen molar-refractivity contribution in [1.82, 2.24) is 9.97 Å². The molecule has 0 saturated carbocycles. The van der Waals surface area contributed by atoms with Gasteiger partial charge in [0.15, 0.2) is 0 Å². The third-order valence-corrected chi connectivity index (χ3v) is 9.11. The molecule has 0 atom stereocenters. The average Bonchev–Trinajstić information content (AvgIpc) is 3.54. The summed E-state index contributed by atoms with van der Waals surface area (Å²) in [4.78, 5) is 9.95. The van der Waals surface area contributed by atoms with E-state index in [1.165, 1.54) is 10.8 Å². The van der Waals surface area contributed by atoms with Gasteiger partial charge in [-0.05, 0) is 82.4 Å². The van der Waals surface area contributed by atoms with Gasteiger partial charge in [-0.1, -0.05) is 102 Å². The number of pyridine rings is 2. The predicted molar refractivity (Wildman–Crippen MR) is 199 cm³/mol. The third-order valence-electron chi connectivity index (χ3n) is 9.11. The van der Waals surface area contributed by atoms with Gasteiger partial charge in [0.1, 0.15) is 16.9 Å². The van der Waals surface area contributed by atoms with Crippen molar-refractivity contribution in [2.45, 2.75) is 6.92 Å². The van der Waals surface area contributed by atoms with Gasteiger partial charge >= 0.3 is 0 Å². The third kappa shape index (κ3) is 5.68. The van der Waals surface area contributed by atoms with Crippen LogP contribution in [-0.2, 0) is 21.1 Å². The second-order valence-corrected chi connectivity index (χ2v) is 12.3. The van der Waals surface area contributed by atoms with Gasteiger partial charge in [-0.15, -0.1) is 24.3 Å². The van der Waals surface area contributed by atoms with Crippen molar-refractivity contribution in [2.24, 2.45) is 0 Å². The fourth-order valence-corrected chi connectivity index (χ4v) is 6.76. The van der Waals surface area contributed by atoms with Gasteiger partial charge in [-0.2, -0.15) is 0 Å². The van der Waals surface area contributed by atoms with E-state index < -0.39 is 0 Å². The maximum Gasteiger partial charge on any atom is 0.136 e. The van der Waals surface area contributed by atoms with Crippen LogP contribution in [0.4, 0.5) is 0 Å². The normalized spacial score (nSPS) is 11.2. The molecule has 0 bridgehead atoms. The Morgan fingerprint density at radius 2 is 1.22 bits per heavy atom. The van der Waals surface area contributed by atoms with Crippen molar-refractivity contribution < 1.29 is 30.6 Å². The number of phenolic OH excluding ortho intramolecular Hbond substituents is 1. The van der Waals surface area contributed by atoms with Gasteiger partial charge in [0.05, 0.1) is 5.69 Å². The first-order chi connectivity index (χ1) is 24.1. The van der Waals surface area contributed by atoms with Gasteiger partial charge in [0.25, 0.3) is 0 Å². The standard InChI is InChI=1S/C45H29N2O2.Pt/c1-28-22-34(31-18-20-38-44(27-31)49-43-21-19-30-12-5-6-15-36(30)45(38)43)24-39(46-28)32-13-9-14-33(23-32)40-25-35(29-10-3-2-4-11-29)26-41(47-40)37-16-7-8-17-42(37)48;/h2-22,24-27,48H,1H3;/q-1;. The molecule has 0 radical (unpaired) electrons. The van der Waals surface area contributed by atoms with E-state index in [1.54, 1.807) is 6.07 Å². The summed E-state index contributed by atoms with van der Waals surface area (Å²) in [5, 5.41) is 15.3. The first kappa shape index (κ1) is 31.4. The van der Waals surface area contributed by atoms with Crippen LogP contribution >= 0.6 is 0 Å². The first-order valence-electron chi connectivity index (χ1n) is 16.3. The molecule has 3 aromatic heterocycles. The summed E-state index contributed by atoms with van der Waals surface area (Å²) < 4.78 is 6.38. The van der Waals surface area contributed by atoms with Crippen molar-refractivity contribution >= 4 is 32.7 Å². The van der Waals surface area contributed by atoms with Gasteiger partial charge in [-0.25, -0.2) is 0 Å². The Bertz CT molecular complexity index is 2700. The Labute approximate surface area is 304 Å². The largest absolute Gasteiger partial charge is 0.507 e. The Morgan fingerprint density at radius 3 is 2.04 bits per heavy atom. The molecule has 3 heterocycles. The molecule has 50 heavy (non-hydrogen) atoms. The van der Waals surface area contributed by atoms with E-state index in [0.717, 1.165) is 72.4 Å². The van der Waals surface area contributed by atoms with Crippen molar-refractivity contribution in [3.05, 3.63) is 163 Å². The number of aromatic nitrogens is 2. The summed E-state index contributed by atoms with van der Waals surface area (Å²) in [7, 11) is 0. The molecule has 0 saturated heterocycles. The number of aromatic hydroxyl groups is 1. The Kier molecular flexibility index (Phi) is 8.10. The van der Waals surface area contributed by atoms with E-state index in [0.29, 0.717) is 11.3 Å². The van der Waals surface area contributed by atoms with Crippen molar-refractivity contribution in [1.29, 1.82) is 0 Å².